The van der Waals surface area contributed by atoms with Crippen LogP contribution in [0.25, 0.3) is 0 Å². The van der Waals surface area contributed by atoms with Crippen LogP contribution in [0.2, 0.25) is 0 Å². The fourth-order valence-corrected chi connectivity index (χ4v) is 5.27. The zero-order chi connectivity index (χ0) is 27.9. The second-order valence-corrected chi connectivity index (χ2v) is 11.3. The molecular weight excluding hydrogens is 510 g/mol. The van der Waals surface area contributed by atoms with Crippen molar-refractivity contribution in [1.29, 1.82) is 0 Å². The van der Waals surface area contributed by atoms with E-state index in [4.69, 9.17) is 14.2 Å². The van der Waals surface area contributed by atoms with Crippen molar-refractivity contribution in [3.8, 4) is 17.2 Å². The third-order valence-corrected chi connectivity index (χ3v) is 7.29. The Morgan fingerprint density at radius 3 is 2.50 bits per heavy atom. The molecule has 0 saturated heterocycles. The second-order valence-electron chi connectivity index (χ2n) is 9.44. The van der Waals surface area contributed by atoms with Crippen molar-refractivity contribution in [3.63, 3.8) is 0 Å². The van der Waals surface area contributed by atoms with Gasteiger partial charge in [-0.15, -0.1) is 0 Å². The molecule has 208 valence electrons. The summed E-state index contributed by atoms with van der Waals surface area (Å²) in [6, 6.07) is 11.5. The summed E-state index contributed by atoms with van der Waals surface area (Å²) in [6.07, 6.45) is 1.88. The molecule has 0 aromatic heterocycles. The SMILES string of the molecule is CC[C@H](C(=O)NC(C)C)N(Cc1cccc(OC)c1)C(=O)CCCN(c1ccc2c(c1)OCO2)S(C)(=O)=O. The molecule has 0 saturated carbocycles. The molecule has 2 amide bonds. The number of fused-ring (bicyclic) bond motifs is 1. The number of carbonyl (C=O) groups is 2. The van der Waals surface area contributed by atoms with E-state index in [1.54, 1.807) is 30.2 Å². The van der Waals surface area contributed by atoms with Gasteiger partial charge in [0, 0.05) is 31.6 Å². The molecule has 0 bridgehead atoms. The molecule has 0 radical (unpaired) electrons. The Kier molecular flexibility index (Phi) is 9.84. The van der Waals surface area contributed by atoms with Crippen LogP contribution in [0.3, 0.4) is 0 Å². The van der Waals surface area contributed by atoms with Gasteiger partial charge in [0.2, 0.25) is 28.6 Å². The van der Waals surface area contributed by atoms with E-state index in [9.17, 15) is 18.0 Å². The fraction of sp³-hybridized carbons (Fsp3) is 0.481. The number of nitrogens with one attached hydrogen (secondary N) is 1. The highest BCUT2D eigenvalue weighted by atomic mass is 32.2. The minimum Gasteiger partial charge on any atom is -0.497 e. The first-order valence-electron chi connectivity index (χ1n) is 12.6. The zero-order valence-corrected chi connectivity index (χ0v) is 23.4. The average Bonchev–Trinajstić information content (AvgIpc) is 3.33. The number of benzene rings is 2. The van der Waals surface area contributed by atoms with E-state index in [1.807, 2.05) is 45.0 Å². The summed E-state index contributed by atoms with van der Waals surface area (Å²) >= 11 is 0. The minimum absolute atomic E-state index is 0.0615. The first-order chi connectivity index (χ1) is 18.0. The third kappa shape index (κ3) is 7.53. The van der Waals surface area contributed by atoms with E-state index < -0.39 is 16.1 Å². The highest BCUT2D eigenvalue weighted by molar-refractivity contribution is 7.92. The standard InChI is InChI=1S/C27H37N3O7S/c1-6-23(27(32)28-19(2)3)29(17-20-9-7-10-22(15-20)35-4)26(31)11-8-14-30(38(5,33)34)21-12-13-24-25(16-21)37-18-36-24/h7,9-10,12-13,15-16,19,23H,6,8,11,14,17-18H2,1-5H3,(H,28,32)/t23-/m1/s1. The maximum Gasteiger partial charge on any atom is 0.243 e. The Morgan fingerprint density at radius 1 is 1.11 bits per heavy atom. The van der Waals surface area contributed by atoms with Gasteiger partial charge in [0.1, 0.15) is 11.8 Å². The number of ether oxygens (including phenoxy) is 3. The minimum atomic E-state index is -3.62. The van der Waals surface area contributed by atoms with Crippen molar-refractivity contribution >= 4 is 27.5 Å². The summed E-state index contributed by atoms with van der Waals surface area (Å²) < 4.78 is 42.4. The maximum absolute atomic E-state index is 13.5. The number of methoxy groups -OCH3 is 1. The Morgan fingerprint density at radius 2 is 1.84 bits per heavy atom. The first kappa shape index (κ1) is 29.1. The number of rotatable bonds is 13. The average molecular weight is 548 g/mol. The first-order valence-corrected chi connectivity index (χ1v) is 14.5. The molecular formula is C27H37N3O7S. The molecule has 2 aromatic rings. The van der Waals surface area contributed by atoms with Gasteiger partial charge in [-0.3, -0.25) is 13.9 Å². The van der Waals surface area contributed by atoms with Gasteiger partial charge in [-0.2, -0.15) is 0 Å². The Bertz CT molecular complexity index is 1230. The van der Waals surface area contributed by atoms with Gasteiger partial charge < -0.3 is 24.4 Å². The number of amides is 2. The lowest BCUT2D eigenvalue weighted by Gasteiger charge is -2.31. The lowest BCUT2D eigenvalue weighted by Crippen LogP contribution is -2.50. The van der Waals surface area contributed by atoms with Crippen LogP contribution in [-0.2, 0) is 26.2 Å². The van der Waals surface area contributed by atoms with Crippen molar-refractivity contribution in [2.24, 2.45) is 0 Å². The molecule has 0 unspecified atom stereocenters. The molecule has 38 heavy (non-hydrogen) atoms. The highest BCUT2D eigenvalue weighted by Crippen LogP contribution is 2.36. The van der Waals surface area contributed by atoms with Crippen molar-refractivity contribution in [1.82, 2.24) is 10.2 Å². The fourth-order valence-electron chi connectivity index (χ4n) is 4.31. The van der Waals surface area contributed by atoms with Gasteiger partial charge in [0.25, 0.3) is 0 Å². The van der Waals surface area contributed by atoms with Crippen molar-refractivity contribution in [2.45, 2.75) is 58.7 Å². The quantitative estimate of drug-likeness (QED) is 0.409. The molecule has 0 aliphatic carbocycles. The number of sulfonamides is 1. The van der Waals surface area contributed by atoms with Gasteiger partial charge in [-0.1, -0.05) is 19.1 Å². The molecule has 1 aliphatic heterocycles. The second kappa shape index (κ2) is 12.9. The van der Waals surface area contributed by atoms with Crippen LogP contribution >= 0.6 is 0 Å². The number of hydrogen-bond donors (Lipinski definition) is 1. The third-order valence-electron chi connectivity index (χ3n) is 6.10. The molecule has 1 atom stereocenters. The molecule has 0 spiro atoms. The van der Waals surface area contributed by atoms with E-state index in [-0.39, 0.29) is 50.6 Å². The van der Waals surface area contributed by atoms with E-state index in [0.29, 0.717) is 29.4 Å². The molecule has 1 N–H and O–H groups in total. The summed E-state index contributed by atoms with van der Waals surface area (Å²) in [5.41, 5.74) is 1.26. The zero-order valence-electron chi connectivity index (χ0n) is 22.6. The molecule has 10 nitrogen and oxygen atoms in total. The predicted octanol–water partition coefficient (Wildman–Crippen LogP) is 3.30. The summed E-state index contributed by atoms with van der Waals surface area (Å²) in [5, 5.41) is 2.91. The van der Waals surface area contributed by atoms with Crippen molar-refractivity contribution in [3.05, 3.63) is 48.0 Å². The molecule has 3 rings (SSSR count). The molecule has 11 heteroatoms. The molecule has 0 fully saturated rings. The summed E-state index contributed by atoms with van der Waals surface area (Å²) in [5.74, 6) is 1.21. The highest BCUT2D eigenvalue weighted by Gasteiger charge is 2.29. The van der Waals surface area contributed by atoms with Gasteiger partial charge in [0.05, 0.1) is 19.1 Å². The van der Waals surface area contributed by atoms with E-state index >= 15 is 0 Å². The van der Waals surface area contributed by atoms with Crippen molar-refractivity contribution in [2.75, 3.05) is 31.0 Å². The lowest BCUT2D eigenvalue weighted by molar-refractivity contribution is -0.141. The predicted molar refractivity (Wildman–Crippen MR) is 145 cm³/mol. The van der Waals surface area contributed by atoms with Crippen LogP contribution in [0, 0.1) is 0 Å². The van der Waals surface area contributed by atoms with E-state index in [1.165, 1.54) is 4.31 Å². The number of carbonyl (C=O) groups excluding carboxylic acids is 2. The molecule has 1 heterocycles. The molecule has 2 aromatic carbocycles. The monoisotopic (exact) mass is 547 g/mol. The van der Waals surface area contributed by atoms with Crippen LogP contribution in [0.15, 0.2) is 42.5 Å². The van der Waals surface area contributed by atoms with Crippen LogP contribution in [0.4, 0.5) is 5.69 Å². The van der Waals surface area contributed by atoms with Gasteiger partial charge in [0.15, 0.2) is 11.5 Å². The van der Waals surface area contributed by atoms with Crippen LogP contribution in [0.5, 0.6) is 17.2 Å². The Labute approximate surface area is 224 Å². The molecule has 1 aliphatic rings. The van der Waals surface area contributed by atoms with Crippen molar-refractivity contribution < 1.29 is 32.2 Å². The van der Waals surface area contributed by atoms with Gasteiger partial charge in [-0.05, 0) is 56.5 Å². The van der Waals surface area contributed by atoms with Crippen LogP contribution in [0.1, 0.15) is 45.6 Å². The van der Waals surface area contributed by atoms with Crippen LogP contribution < -0.4 is 23.8 Å². The number of hydrogen-bond acceptors (Lipinski definition) is 7. The lowest BCUT2D eigenvalue weighted by atomic mass is 10.1. The van der Waals surface area contributed by atoms with Gasteiger partial charge in [-0.25, -0.2) is 8.42 Å². The summed E-state index contributed by atoms with van der Waals surface area (Å²) in [6.45, 7) is 5.99. The topological polar surface area (TPSA) is 114 Å². The summed E-state index contributed by atoms with van der Waals surface area (Å²) in [4.78, 5) is 28.1. The Hall–Kier alpha value is -3.47. The number of anilines is 1. The Balaban J connectivity index is 1.78. The van der Waals surface area contributed by atoms with Crippen LogP contribution in [-0.4, -0.2) is 63.9 Å². The smallest absolute Gasteiger partial charge is 0.243 e. The van der Waals surface area contributed by atoms with E-state index in [0.717, 1.165) is 11.8 Å². The maximum atomic E-state index is 13.5. The number of nitrogens with zero attached hydrogens (tertiary/aromatic N) is 2. The van der Waals surface area contributed by atoms with E-state index in [2.05, 4.69) is 5.32 Å². The normalized spacial score (nSPS) is 13.2. The van der Waals surface area contributed by atoms with Gasteiger partial charge >= 0.3 is 0 Å². The summed E-state index contributed by atoms with van der Waals surface area (Å²) in [7, 11) is -2.05. The largest absolute Gasteiger partial charge is 0.497 e.